The highest BCUT2D eigenvalue weighted by Gasteiger charge is 2.26. The van der Waals surface area contributed by atoms with Crippen LogP contribution in [0.25, 0.3) is 0 Å². The van der Waals surface area contributed by atoms with Gasteiger partial charge in [-0.25, -0.2) is 4.79 Å². The van der Waals surface area contributed by atoms with Gasteiger partial charge in [-0.15, -0.1) is 0 Å². The molecule has 1 amide bonds. The number of nitro groups is 1. The second kappa shape index (κ2) is 5.56. The molecule has 1 rings (SSSR count). The number of aliphatic hydroxyl groups is 1. The second-order valence-corrected chi connectivity index (χ2v) is 4.35. The minimum absolute atomic E-state index is 0.0152. The predicted molar refractivity (Wildman–Crippen MR) is 61.5 cm³/mol. The number of carboxylic acid groups (broad SMARTS) is 1. The Morgan fingerprint density at radius 3 is 2.56 bits per heavy atom. The number of thiophene rings is 1. The second-order valence-electron chi connectivity index (χ2n) is 3.46. The summed E-state index contributed by atoms with van der Waals surface area (Å²) in [5, 5.41) is 31.5. The van der Waals surface area contributed by atoms with Crippen molar-refractivity contribution in [1.29, 1.82) is 0 Å². The van der Waals surface area contributed by atoms with Gasteiger partial charge in [0.05, 0.1) is 16.6 Å². The van der Waals surface area contributed by atoms with Gasteiger partial charge in [0.2, 0.25) is 0 Å². The summed E-state index contributed by atoms with van der Waals surface area (Å²) in [5.41, 5.74) is -0.0152. The Morgan fingerprint density at radius 1 is 1.56 bits per heavy atom. The zero-order valence-electron chi connectivity index (χ0n) is 9.19. The summed E-state index contributed by atoms with van der Waals surface area (Å²) in [4.78, 5) is 32.1. The van der Waals surface area contributed by atoms with Crippen LogP contribution in [0.1, 0.15) is 17.3 Å². The number of hydrogen-bond acceptors (Lipinski definition) is 6. The lowest BCUT2D eigenvalue weighted by molar-refractivity contribution is -0.380. The van der Waals surface area contributed by atoms with Crippen molar-refractivity contribution >= 4 is 28.2 Å². The van der Waals surface area contributed by atoms with Crippen LogP contribution in [0, 0.1) is 10.1 Å². The molecule has 0 radical (unpaired) electrons. The van der Waals surface area contributed by atoms with Crippen molar-refractivity contribution in [2.75, 3.05) is 0 Å². The minimum atomic E-state index is -1.46. The van der Waals surface area contributed by atoms with E-state index in [-0.39, 0.29) is 10.6 Å². The smallest absolute Gasteiger partial charge is 0.328 e. The molecule has 1 heterocycles. The molecule has 3 N–H and O–H groups in total. The lowest BCUT2D eigenvalue weighted by Gasteiger charge is -2.16. The van der Waals surface area contributed by atoms with E-state index in [1.54, 1.807) is 0 Å². The van der Waals surface area contributed by atoms with Crippen LogP contribution in [0.5, 0.6) is 0 Å². The molecule has 0 aliphatic heterocycles. The van der Waals surface area contributed by atoms with Crippen LogP contribution in [0.2, 0.25) is 0 Å². The third kappa shape index (κ3) is 3.25. The molecule has 2 atom stereocenters. The number of aliphatic hydroxyl groups excluding tert-OH is 1. The molecule has 18 heavy (non-hydrogen) atoms. The molecule has 1 aromatic rings. The zero-order valence-corrected chi connectivity index (χ0v) is 10.0. The summed E-state index contributed by atoms with van der Waals surface area (Å²) in [6.07, 6.45) is -1.28. The Balaban J connectivity index is 2.80. The monoisotopic (exact) mass is 274 g/mol. The third-order valence-electron chi connectivity index (χ3n) is 2.06. The molecule has 1 aromatic heterocycles. The van der Waals surface area contributed by atoms with E-state index in [0.29, 0.717) is 0 Å². The normalized spacial score (nSPS) is 13.7. The number of carbonyl (C=O) groups is 2. The van der Waals surface area contributed by atoms with Crippen LogP contribution in [-0.2, 0) is 4.79 Å². The molecular weight excluding hydrogens is 264 g/mol. The van der Waals surface area contributed by atoms with E-state index in [9.17, 15) is 24.8 Å². The van der Waals surface area contributed by atoms with Gasteiger partial charge in [-0.05, 0) is 6.92 Å². The van der Waals surface area contributed by atoms with Gasteiger partial charge in [-0.1, -0.05) is 11.3 Å². The first-order valence-electron chi connectivity index (χ1n) is 4.77. The van der Waals surface area contributed by atoms with Crippen LogP contribution in [0.3, 0.4) is 0 Å². The van der Waals surface area contributed by atoms with Crippen molar-refractivity contribution < 1.29 is 24.7 Å². The highest BCUT2D eigenvalue weighted by molar-refractivity contribution is 7.13. The van der Waals surface area contributed by atoms with Crippen molar-refractivity contribution in [3.8, 4) is 0 Å². The van der Waals surface area contributed by atoms with Crippen molar-refractivity contribution in [3.05, 3.63) is 27.1 Å². The zero-order chi connectivity index (χ0) is 13.9. The number of aliphatic carboxylic acids is 1. The fraction of sp³-hybridized carbons (Fsp3) is 0.333. The van der Waals surface area contributed by atoms with Crippen molar-refractivity contribution in [3.63, 3.8) is 0 Å². The molecule has 8 nitrogen and oxygen atoms in total. The van der Waals surface area contributed by atoms with Crippen molar-refractivity contribution in [1.82, 2.24) is 5.32 Å². The van der Waals surface area contributed by atoms with E-state index in [1.165, 1.54) is 12.3 Å². The maximum Gasteiger partial charge on any atom is 0.328 e. The number of carboxylic acids is 1. The highest BCUT2D eigenvalue weighted by Crippen LogP contribution is 2.22. The van der Waals surface area contributed by atoms with Crippen LogP contribution in [-0.4, -0.2) is 39.2 Å². The predicted octanol–water partition coefficient (Wildman–Crippen LogP) is 0.220. The van der Waals surface area contributed by atoms with E-state index in [2.05, 4.69) is 5.32 Å². The van der Waals surface area contributed by atoms with Gasteiger partial charge in [0.15, 0.2) is 6.04 Å². The molecule has 98 valence electrons. The number of nitrogens with one attached hydrogen (secondary N) is 1. The summed E-state index contributed by atoms with van der Waals surface area (Å²) in [6, 6.07) is -0.419. The number of nitrogens with zero attached hydrogens (tertiary/aromatic N) is 1. The summed E-state index contributed by atoms with van der Waals surface area (Å²) >= 11 is 0.760. The van der Waals surface area contributed by atoms with Gasteiger partial charge in [0.25, 0.3) is 5.91 Å². The minimum Gasteiger partial charge on any atom is -0.480 e. The average molecular weight is 274 g/mol. The summed E-state index contributed by atoms with van der Waals surface area (Å²) in [7, 11) is 0. The van der Waals surface area contributed by atoms with Crippen LogP contribution in [0.4, 0.5) is 5.00 Å². The maximum atomic E-state index is 11.6. The van der Waals surface area contributed by atoms with Gasteiger partial charge in [0.1, 0.15) is 0 Å². The molecule has 0 bridgehead atoms. The Hall–Kier alpha value is -2.00. The van der Waals surface area contributed by atoms with E-state index in [0.717, 1.165) is 17.4 Å². The molecule has 0 aliphatic rings. The van der Waals surface area contributed by atoms with Gasteiger partial charge in [0, 0.05) is 11.4 Å². The molecule has 0 spiro atoms. The first-order valence-corrected chi connectivity index (χ1v) is 5.65. The molecular formula is C9H10N2O6S. The van der Waals surface area contributed by atoms with Gasteiger partial charge < -0.3 is 15.5 Å². The van der Waals surface area contributed by atoms with Crippen molar-refractivity contribution in [2.45, 2.75) is 19.1 Å². The van der Waals surface area contributed by atoms with Gasteiger partial charge in [-0.2, -0.15) is 0 Å². The number of amides is 1. The highest BCUT2D eigenvalue weighted by atomic mass is 32.1. The Labute approximate surface area is 105 Å². The standard InChI is InChI=1S/C9H10N2O6S/c1-4(12)7(9(14)15)10-8(13)5-2-6(11(16)17)18-3-5/h2-4,7,12H,1H3,(H,10,13)(H,14,15)/t4-,7+/m1/s1. The molecule has 0 aromatic carbocycles. The quantitative estimate of drug-likeness (QED) is 0.520. The lowest BCUT2D eigenvalue weighted by atomic mass is 10.1. The van der Waals surface area contributed by atoms with Gasteiger partial charge >= 0.3 is 11.0 Å². The first kappa shape index (κ1) is 14.1. The van der Waals surface area contributed by atoms with E-state index in [1.807, 2.05) is 0 Å². The largest absolute Gasteiger partial charge is 0.480 e. The number of rotatable bonds is 5. The molecule has 0 aliphatic carbocycles. The maximum absolute atomic E-state index is 11.6. The van der Waals surface area contributed by atoms with Gasteiger partial charge in [-0.3, -0.25) is 14.9 Å². The Morgan fingerprint density at radius 2 is 2.17 bits per heavy atom. The average Bonchev–Trinajstić information content (AvgIpc) is 2.73. The summed E-state index contributed by atoms with van der Waals surface area (Å²) in [5.74, 6) is -2.17. The van der Waals surface area contributed by atoms with E-state index < -0.39 is 28.9 Å². The summed E-state index contributed by atoms with van der Waals surface area (Å²) in [6.45, 7) is 1.22. The van der Waals surface area contributed by atoms with E-state index in [4.69, 9.17) is 5.11 Å². The topological polar surface area (TPSA) is 130 Å². The third-order valence-corrected chi connectivity index (χ3v) is 2.94. The molecule has 0 saturated carbocycles. The number of carbonyl (C=O) groups excluding carboxylic acids is 1. The fourth-order valence-electron chi connectivity index (χ4n) is 1.15. The van der Waals surface area contributed by atoms with E-state index >= 15 is 0 Å². The Bertz CT molecular complexity index is 483. The van der Waals surface area contributed by atoms with Crippen molar-refractivity contribution in [2.24, 2.45) is 0 Å². The van der Waals surface area contributed by atoms with Crippen LogP contribution >= 0.6 is 11.3 Å². The molecule has 0 unspecified atom stereocenters. The summed E-state index contributed by atoms with van der Waals surface area (Å²) < 4.78 is 0. The lowest BCUT2D eigenvalue weighted by Crippen LogP contribution is -2.47. The fourth-order valence-corrected chi connectivity index (χ4v) is 1.86. The Kier molecular flexibility index (Phi) is 4.34. The molecule has 9 heteroatoms. The first-order chi connectivity index (χ1) is 8.32. The SMILES string of the molecule is C[C@@H](O)[C@H](NC(=O)c1csc([N+](=O)[O-])c1)C(=O)O. The van der Waals surface area contributed by atoms with Crippen LogP contribution < -0.4 is 5.32 Å². The molecule has 0 saturated heterocycles. The molecule has 0 fully saturated rings. The van der Waals surface area contributed by atoms with Crippen LogP contribution in [0.15, 0.2) is 11.4 Å². The number of hydrogen-bond donors (Lipinski definition) is 3.